The molecule has 0 bridgehead atoms. The van der Waals surface area contributed by atoms with Gasteiger partial charge in [0, 0.05) is 24.2 Å². The number of pyridine rings is 1. The molecular weight excluding hydrogens is 178 g/mol. The Balaban J connectivity index is 2.50. The van der Waals surface area contributed by atoms with Gasteiger partial charge in [0.1, 0.15) is 0 Å². The molecule has 0 spiro atoms. The average Bonchev–Trinajstić information content (AvgIpc) is 2.65. The third-order valence-electron chi connectivity index (χ3n) is 2.02. The molecule has 2 aromatic heterocycles. The molecule has 0 aliphatic carbocycles. The summed E-state index contributed by atoms with van der Waals surface area (Å²) >= 11 is 0. The van der Waals surface area contributed by atoms with Gasteiger partial charge in [-0.1, -0.05) is 0 Å². The fourth-order valence-corrected chi connectivity index (χ4v) is 1.31. The Morgan fingerprint density at radius 1 is 1.43 bits per heavy atom. The molecule has 72 valence electrons. The molecule has 0 saturated carbocycles. The van der Waals surface area contributed by atoms with Gasteiger partial charge in [-0.2, -0.15) is 5.10 Å². The molecule has 4 heteroatoms. The third-order valence-corrected chi connectivity index (χ3v) is 2.02. The van der Waals surface area contributed by atoms with E-state index in [0.717, 1.165) is 16.9 Å². The monoisotopic (exact) mass is 189 g/mol. The van der Waals surface area contributed by atoms with E-state index in [0.29, 0.717) is 0 Å². The molecule has 2 heterocycles. The van der Waals surface area contributed by atoms with Crippen LogP contribution in [0.25, 0.3) is 5.69 Å². The Kier molecular flexibility index (Phi) is 2.28. The van der Waals surface area contributed by atoms with Gasteiger partial charge < -0.3 is 5.11 Å². The number of hydrogen-bond donors (Lipinski definition) is 1. The number of aromatic nitrogens is 3. The highest BCUT2D eigenvalue weighted by Crippen LogP contribution is 2.12. The predicted octanol–water partition coefficient (Wildman–Crippen LogP) is 1.07. The molecule has 14 heavy (non-hydrogen) atoms. The SMILES string of the molecule is Cc1ccn(-c2ccncc2CO)n1. The number of hydrogen-bond acceptors (Lipinski definition) is 3. The first kappa shape index (κ1) is 8.90. The van der Waals surface area contributed by atoms with Crippen LogP contribution in [0.2, 0.25) is 0 Å². The molecule has 0 saturated heterocycles. The van der Waals surface area contributed by atoms with E-state index in [-0.39, 0.29) is 6.61 Å². The van der Waals surface area contributed by atoms with Crippen molar-refractivity contribution in [3.63, 3.8) is 0 Å². The maximum absolute atomic E-state index is 9.11. The van der Waals surface area contributed by atoms with Crippen LogP contribution in [-0.4, -0.2) is 19.9 Å². The van der Waals surface area contributed by atoms with E-state index >= 15 is 0 Å². The van der Waals surface area contributed by atoms with Gasteiger partial charge in [0.25, 0.3) is 0 Å². The number of aryl methyl sites for hydroxylation is 1. The molecule has 0 fully saturated rings. The van der Waals surface area contributed by atoms with Crippen molar-refractivity contribution in [3.8, 4) is 5.69 Å². The first-order chi connectivity index (χ1) is 6.81. The van der Waals surface area contributed by atoms with Crippen molar-refractivity contribution in [1.82, 2.24) is 14.8 Å². The number of aliphatic hydroxyl groups excluding tert-OH is 1. The van der Waals surface area contributed by atoms with Crippen LogP contribution in [0.5, 0.6) is 0 Å². The lowest BCUT2D eigenvalue weighted by Gasteiger charge is -2.05. The van der Waals surface area contributed by atoms with Crippen LogP contribution in [0.4, 0.5) is 0 Å². The summed E-state index contributed by atoms with van der Waals surface area (Å²) in [6.45, 7) is 1.90. The normalized spacial score (nSPS) is 10.4. The van der Waals surface area contributed by atoms with Gasteiger partial charge in [-0.25, -0.2) is 4.68 Å². The van der Waals surface area contributed by atoms with Crippen molar-refractivity contribution < 1.29 is 5.11 Å². The highest BCUT2D eigenvalue weighted by atomic mass is 16.3. The predicted molar refractivity (Wildman–Crippen MR) is 52.0 cm³/mol. The molecule has 0 amide bonds. The summed E-state index contributed by atoms with van der Waals surface area (Å²) in [7, 11) is 0. The van der Waals surface area contributed by atoms with Crippen LogP contribution in [0, 0.1) is 6.92 Å². The molecular formula is C10H11N3O. The largest absolute Gasteiger partial charge is 0.392 e. The van der Waals surface area contributed by atoms with Gasteiger partial charge in [-0.3, -0.25) is 4.98 Å². The standard InChI is InChI=1S/C10H11N3O/c1-8-3-5-13(12-8)10-2-4-11-6-9(10)7-14/h2-6,14H,7H2,1H3. The zero-order chi connectivity index (χ0) is 9.97. The minimum Gasteiger partial charge on any atom is -0.392 e. The lowest BCUT2D eigenvalue weighted by molar-refractivity contribution is 0.281. The van der Waals surface area contributed by atoms with Gasteiger partial charge >= 0.3 is 0 Å². The molecule has 0 unspecified atom stereocenters. The van der Waals surface area contributed by atoms with E-state index in [1.165, 1.54) is 0 Å². The Morgan fingerprint density at radius 3 is 2.93 bits per heavy atom. The number of aliphatic hydroxyl groups is 1. The van der Waals surface area contributed by atoms with Crippen molar-refractivity contribution >= 4 is 0 Å². The molecule has 2 rings (SSSR count). The summed E-state index contributed by atoms with van der Waals surface area (Å²) in [6, 6.07) is 3.75. The molecule has 0 aliphatic rings. The quantitative estimate of drug-likeness (QED) is 0.768. The average molecular weight is 189 g/mol. The van der Waals surface area contributed by atoms with Gasteiger partial charge in [0.2, 0.25) is 0 Å². The van der Waals surface area contributed by atoms with E-state index in [1.807, 2.05) is 25.3 Å². The van der Waals surface area contributed by atoms with E-state index in [4.69, 9.17) is 5.11 Å². The highest BCUT2D eigenvalue weighted by molar-refractivity contribution is 5.37. The summed E-state index contributed by atoms with van der Waals surface area (Å²) in [5, 5.41) is 13.4. The Hall–Kier alpha value is -1.68. The van der Waals surface area contributed by atoms with E-state index in [1.54, 1.807) is 17.1 Å². The smallest absolute Gasteiger partial charge is 0.0731 e. The Morgan fingerprint density at radius 2 is 2.29 bits per heavy atom. The molecule has 0 radical (unpaired) electrons. The molecule has 0 atom stereocenters. The zero-order valence-corrected chi connectivity index (χ0v) is 7.88. The van der Waals surface area contributed by atoms with Gasteiger partial charge in [0.15, 0.2) is 0 Å². The lowest BCUT2D eigenvalue weighted by atomic mass is 10.2. The van der Waals surface area contributed by atoms with Crippen molar-refractivity contribution in [2.45, 2.75) is 13.5 Å². The first-order valence-corrected chi connectivity index (χ1v) is 4.37. The third kappa shape index (κ3) is 1.52. The van der Waals surface area contributed by atoms with Crippen LogP contribution >= 0.6 is 0 Å². The van der Waals surface area contributed by atoms with E-state index in [9.17, 15) is 0 Å². The molecule has 0 aliphatic heterocycles. The molecule has 4 nitrogen and oxygen atoms in total. The minimum absolute atomic E-state index is 0.0257. The van der Waals surface area contributed by atoms with Crippen molar-refractivity contribution in [2.24, 2.45) is 0 Å². The summed E-state index contributed by atoms with van der Waals surface area (Å²) in [5.74, 6) is 0. The van der Waals surface area contributed by atoms with Gasteiger partial charge in [0.05, 0.1) is 18.0 Å². The van der Waals surface area contributed by atoms with Crippen molar-refractivity contribution in [3.05, 3.63) is 42.0 Å². The van der Waals surface area contributed by atoms with Gasteiger partial charge in [-0.05, 0) is 19.1 Å². The molecule has 2 aromatic rings. The summed E-state index contributed by atoms with van der Waals surface area (Å²) < 4.78 is 1.74. The molecule has 0 aromatic carbocycles. The summed E-state index contributed by atoms with van der Waals surface area (Å²) in [5.41, 5.74) is 2.59. The van der Waals surface area contributed by atoms with Crippen LogP contribution < -0.4 is 0 Å². The second-order valence-electron chi connectivity index (χ2n) is 3.06. The second kappa shape index (κ2) is 3.59. The molecule has 1 N–H and O–H groups in total. The minimum atomic E-state index is -0.0257. The summed E-state index contributed by atoms with van der Waals surface area (Å²) in [4.78, 5) is 3.95. The van der Waals surface area contributed by atoms with Crippen LogP contribution in [0.1, 0.15) is 11.3 Å². The first-order valence-electron chi connectivity index (χ1n) is 4.37. The zero-order valence-electron chi connectivity index (χ0n) is 7.88. The van der Waals surface area contributed by atoms with E-state index in [2.05, 4.69) is 10.1 Å². The topological polar surface area (TPSA) is 50.9 Å². The summed E-state index contributed by atoms with van der Waals surface area (Å²) in [6.07, 6.45) is 5.20. The number of rotatable bonds is 2. The lowest BCUT2D eigenvalue weighted by Crippen LogP contribution is -2.01. The fourth-order valence-electron chi connectivity index (χ4n) is 1.31. The fraction of sp³-hybridized carbons (Fsp3) is 0.200. The Bertz CT molecular complexity index is 436. The maximum Gasteiger partial charge on any atom is 0.0731 e. The number of nitrogens with zero attached hydrogens (tertiary/aromatic N) is 3. The second-order valence-corrected chi connectivity index (χ2v) is 3.06. The van der Waals surface area contributed by atoms with Crippen LogP contribution in [0.3, 0.4) is 0 Å². The maximum atomic E-state index is 9.11. The van der Waals surface area contributed by atoms with Crippen molar-refractivity contribution in [1.29, 1.82) is 0 Å². The van der Waals surface area contributed by atoms with Crippen LogP contribution in [-0.2, 0) is 6.61 Å². The van der Waals surface area contributed by atoms with E-state index < -0.39 is 0 Å². The Labute approximate surface area is 81.8 Å². The highest BCUT2D eigenvalue weighted by Gasteiger charge is 2.03. The van der Waals surface area contributed by atoms with Crippen molar-refractivity contribution in [2.75, 3.05) is 0 Å². The van der Waals surface area contributed by atoms with Gasteiger partial charge in [-0.15, -0.1) is 0 Å². The van der Waals surface area contributed by atoms with Crippen LogP contribution in [0.15, 0.2) is 30.7 Å².